The molecular weight excluding hydrogens is 280 g/mol. The van der Waals surface area contributed by atoms with E-state index in [1.807, 2.05) is 25.7 Å². The second kappa shape index (κ2) is 5.95. The highest BCUT2D eigenvalue weighted by molar-refractivity contribution is 7.09. The smallest absolute Gasteiger partial charge is 0.0943 e. The molecule has 0 radical (unpaired) electrons. The van der Waals surface area contributed by atoms with E-state index in [1.165, 1.54) is 15.9 Å². The average molecular weight is 300 g/mol. The molecule has 0 bridgehead atoms. The van der Waals surface area contributed by atoms with Crippen molar-refractivity contribution in [2.24, 2.45) is 7.05 Å². The lowest BCUT2D eigenvalue weighted by molar-refractivity contribution is 0.546. The largest absolute Gasteiger partial charge is 0.316 e. The molecule has 21 heavy (non-hydrogen) atoms. The first-order valence-corrected chi connectivity index (χ1v) is 8.04. The normalized spacial score (nSPS) is 12.9. The maximum absolute atomic E-state index is 4.68. The molecule has 4 nitrogen and oxygen atoms in total. The third-order valence-electron chi connectivity index (χ3n) is 3.77. The number of aryl methyl sites for hydroxylation is 2. The van der Waals surface area contributed by atoms with Crippen molar-refractivity contribution in [1.29, 1.82) is 0 Å². The summed E-state index contributed by atoms with van der Waals surface area (Å²) in [5, 5.41) is 12.6. The van der Waals surface area contributed by atoms with Crippen LogP contribution in [0.3, 0.4) is 0 Å². The number of hydrogen-bond acceptors (Lipinski definition) is 4. The zero-order chi connectivity index (χ0) is 14.8. The molecule has 110 valence electrons. The molecule has 2 aromatic heterocycles. The Bertz CT molecular complexity index is 744. The molecule has 0 fully saturated rings. The SMILES string of the molecule is CNC(Cc1nc(C)cs1)Cc1nn(C)c2ccccc12. The first kappa shape index (κ1) is 14.2. The molecule has 0 saturated heterocycles. The van der Waals surface area contributed by atoms with Crippen LogP contribution in [0.15, 0.2) is 29.6 Å². The first-order chi connectivity index (χ1) is 10.2. The number of nitrogens with one attached hydrogen (secondary N) is 1. The van der Waals surface area contributed by atoms with Crippen LogP contribution in [0.5, 0.6) is 0 Å². The van der Waals surface area contributed by atoms with Crippen LogP contribution >= 0.6 is 11.3 Å². The van der Waals surface area contributed by atoms with Crippen LogP contribution in [0.4, 0.5) is 0 Å². The van der Waals surface area contributed by atoms with Gasteiger partial charge in [-0.3, -0.25) is 4.68 Å². The Morgan fingerprint density at radius 2 is 2.10 bits per heavy atom. The standard InChI is InChI=1S/C16H20N4S/c1-11-10-21-16(18-11)9-12(17-2)8-14-13-6-4-5-7-15(13)20(3)19-14/h4-7,10,12,17H,8-9H2,1-3H3. The summed E-state index contributed by atoms with van der Waals surface area (Å²) in [6.07, 6.45) is 1.86. The zero-order valence-corrected chi connectivity index (χ0v) is 13.4. The van der Waals surface area contributed by atoms with Gasteiger partial charge in [0.2, 0.25) is 0 Å². The van der Waals surface area contributed by atoms with Gasteiger partial charge in [-0.05, 0) is 20.0 Å². The number of aromatic nitrogens is 3. The summed E-state index contributed by atoms with van der Waals surface area (Å²) in [7, 11) is 4.01. The zero-order valence-electron chi connectivity index (χ0n) is 12.6. The minimum absolute atomic E-state index is 0.355. The average Bonchev–Trinajstić information content (AvgIpc) is 3.03. The maximum atomic E-state index is 4.68. The van der Waals surface area contributed by atoms with E-state index in [-0.39, 0.29) is 0 Å². The summed E-state index contributed by atoms with van der Waals surface area (Å²) in [5.41, 5.74) is 3.45. The van der Waals surface area contributed by atoms with Crippen LogP contribution in [0.25, 0.3) is 10.9 Å². The van der Waals surface area contributed by atoms with Crippen molar-refractivity contribution in [3.63, 3.8) is 0 Å². The quantitative estimate of drug-likeness (QED) is 0.788. The number of nitrogens with zero attached hydrogens (tertiary/aromatic N) is 3. The number of thiazole rings is 1. The molecule has 1 atom stereocenters. The van der Waals surface area contributed by atoms with Gasteiger partial charge in [0, 0.05) is 42.4 Å². The molecule has 0 amide bonds. The van der Waals surface area contributed by atoms with E-state index < -0.39 is 0 Å². The van der Waals surface area contributed by atoms with Crippen LogP contribution in [0, 0.1) is 6.92 Å². The molecule has 3 rings (SSSR count). The highest BCUT2D eigenvalue weighted by atomic mass is 32.1. The second-order valence-electron chi connectivity index (χ2n) is 5.36. The molecule has 1 aromatic carbocycles. The van der Waals surface area contributed by atoms with E-state index in [4.69, 9.17) is 0 Å². The Balaban J connectivity index is 1.82. The Morgan fingerprint density at radius 1 is 1.29 bits per heavy atom. The fraction of sp³-hybridized carbons (Fsp3) is 0.375. The minimum atomic E-state index is 0.355. The third-order valence-corrected chi connectivity index (χ3v) is 4.76. The molecule has 0 aliphatic carbocycles. The summed E-state index contributed by atoms with van der Waals surface area (Å²) < 4.78 is 1.96. The van der Waals surface area contributed by atoms with Crippen molar-refractivity contribution in [2.75, 3.05) is 7.05 Å². The van der Waals surface area contributed by atoms with E-state index in [1.54, 1.807) is 11.3 Å². The fourth-order valence-corrected chi connectivity index (χ4v) is 3.51. The molecular formula is C16H20N4S. The van der Waals surface area contributed by atoms with Crippen LogP contribution in [0.1, 0.15) is 16.4 Å². The van der Waals surface area contributed by atoms with Gasteiger partial charge in [0.05, 0.1) is 16.2 Å². The van der Waals surface area contributed by atoms with Crippen molar-refractivity contribution in [1.82, 2.24) is 20.1 Å². The predicted octanol–water partition coefficient (Wildman–Crippen LogP) is 2.71. The molecule has 0 spiro atoms. The van der Waals surface area contributed by atoms with E-state index >= 15 is 0 Å². The summed E-state index contributed by atoms with van der Waals surface area (Å²) in [6, 6.07) is 8.75. The van der Waals surface area contributed by atoms with Gasteiger partial charge >= 0.3 is 0 Å². The van der Waals surface area contributed by atoms with E-state index in [0.717, 1.165) is 24.2 Å². The van der Waals surface area contributed by atoms with E-state index in [2.05, 4.69) is 45.0 Å². The lowest BCUT2D eigenvalue weighted by Gasteiger charge is -2.13. The number of para-hydroxylation sites is 1. The van der Waals surface area contributed by atoms with E-state index in [0.29, 0.717) is 6.04 Å². The topological polar surface area (TPSA) is 42.7 Å². The number of likely N-dealkylation sites (N-methyl/N-ethyl adjacent to an activating group) is 1. The van der Waals surface area contributed by atoms with Crippen LogP contribution in [0.2, 0.25) is 0 Å². The first-order valence-electron chi connectivity index (χ1n) is 7.16. The number of rotatable bonds is 5. The molecule has 5 heteroatoms. The predicted molar refractivity (Wildman–Crippen MR) is 87.8 cm³/mol. The fourth-order valence-electron chi connectivity index (χ4n) is 2.66. The summed E-state index contributed by atoms with van der Waals surface area (Å²) >= 11 is 1.74. The van der Waals surface area contributed by atoms with Gasteiger partial charge in [0.25, 0.3) is 0 Å². The summed E-state index contributed by atoms with van der Waals surface area (Å²) in [4.78, 5) is 4.56. The van der Waals surface area contributed by atoms with Crippen LogP contribution in [-0.2, 0) is 19.9 Å². The summed E-state index contributed by atoms with van der Waals surface area (Å²) in [6.45, 7) is 2.04. The van der Waals surface area contributed by atoms with Gasteiger partial charge < -0.3 is 5.32 Å². The molecule has 0 aliphatic rings. The van der Waals surface area contributed by atoms with Crippen molar-refractivity contribution in [3.8, 4) is 0 Å². The van der Waals surface area contributed by atoms with Crippen molar-refractivity contribution < 1.29 is 0 Å². The van der Waals surface area contributed by atoms with Gasteiger partial charge in [-0.15, -0.1) is 11.3 Å². The maximum Gasteiger partial charge on any atom is 0.0943 e. The number of fused-ring (bicyclic) bond motifs is 1. The van der Waals surface area contributed by atoms with Gasteiger partial charge in [0.15, 0.2) is 0 Å². The van der Waals surface area contributed by atoms with Gasteiger partial charge in [-0.25, -0.2) is 4.98 Å². The Labute approximate surface area is 128 Å². The molecule has 3 aromatic rings. The molecule has 1 N–H and O–H groups in total. The summed E-state index contributed by atoms with van der Waals surface area (Å²) in [5.74, 6) is 0. The third kappa shape index (κ3) is 2.99. The molecule has 0 aliphatic heterocycles. The monoisotopic (exact) mass is 300 g/mol. The van der Waals surface area contributed by atoms with Crippen molar-refractivity contribution in [3.05, 3.63) is 46.0 Å². The Morgan fingerprint density at radius 3 is 2.81 bits per heavy atom. The minimum Gasteiger partial charge on any atom is -0.316 e. The highest BCUT2D eigenvalue weighted by Gasteiger charge is 2.15. The van der Waals surface area contributed by atoms with E-state index in [9.17, 15) is 0 Å². The van der Waals surface area contributed by atoms with Crippen molar-refractivity contribution >= 4 is 22.2 Å². The Hall–Kier alpha value is -1.72. The van der Waals surface area contributed by atoms with Crippen LogP contribution in [-0.4, -0.2) is 27.9 Å². The van der Waals surface area contributed by atoms with Gasteiger partial charge in [0.1, 0.15) is 0 Å². The number of hydrogen-bond donors (Lipinski definition) is 1. The molecule has 1 unspecified atom stereocenters. The lowest BCUT2D eigenvalue weighted by atomic mass is 10.1. The Kier molecular flexibility index (Phi) is 4.03. The second-order valence-corrected chi connectivity index (χ2v) is 6.31. The lowest BCUT2D eigenvalue weighted by Crippen LogP contribution is -2.30. The van der Waals surface area contributed by atoms with Crippen molar-refractivity contribution in [2.45, 2.75) is 25.8 Å². The van der Waals surface area contributed by atoms with Gasteiger partial charge in [-0.2, -0.15) is 5.10 Å². The molecule has 2 heterocycles. The van der Waals surface area contributed by atoms with Crippen LogP contribution < -0.4 is 5.32 Å². The number of benzene rings is 1. The van der Waals surface area contributed by atoms with Gasteiger partial charge in [-0.1, -0.05) is 18.2 Å². The highest BCUT2D eigenvalue weighted by Crippen LogP contribution is 2.20. The molecule has 0 saturated carbocycles.